The Balaban J connectivity index is 1.94. The van der Waals surface area contributed by atoms with E-state index in [2.05, 4.69) is 0 Å². The highest BCUT2D eigenvalue weighted by Crippen LogP contribution is 2.44. The highest BCUT2D eigenvalue weighted by Gasteiger charge is 2.52. The fourth-order valence-corrected chi connectivity index (χ4v) is 6.34. The van der Waals surface area contributed by atoms with Gasteiger partial charge in [0, 0.05) is 34.7 Å². The summed E-state index contributed by atoms with van der Waals surface area (Å²) in [6.07, 6.45) is 2.35. The third-order valence-electron chi connectivity index (χ3n) is 5.18. The molecular weight excluding hydrogens is 352 g/mol. The van der Waals surface area contributed by atoms with Crippen LogP contribution in [0, 0.1) is 28.9 Å². The van der Waals surface area contributed by atoms with Gasteiger partial charge in [0.1, 0.15) is 0 Å². The number of nitro groups is 1. The second-order valence-corrected chi connectivity index (χ2v) is 9.21. The van der Waals surface area contributed by atoms with Crippen molar-refractivity contribution in [3.05, 3.63) is 39.9 Å². The molecule has 6 nitrogen and oxygen atoms in total. The second-order valence-electron chi connectivity index (χ2n) is 6.75. The molecule has 0 aromatic heterocycles. The second kappa shape index (κ2) is 6.61. The molecular formula is C16H21ClN2O4S. The zero-order chi connectivity index (χ0) is 17.5. The SMILES string of the molecule is Cc1ccc(S(=O)(=O)N2CC(C[N+](=O)[O-])[C@H]3[C@H](Cl)CCC[C@H]32)cc1. The molecule has 1 aliphatic carbocycles. The number of halogens is 1. The van der Waals surface area contributed by atoms with E-state index in [1.807, 2.05) is 6.92 Å². The fourth-order valence-electron chi connectivity index (χ4n) is 4.07. The van der Waals surface area contributed by atoms with Crippen molar-refractivity contribution in [2.45, 2.75) is 42.5 Å². The first kappa shape index (κ1) is 17.6. The van der Waals surface area contributed by atoms with Crippen LogP contribution in [0.1, 0.15) is 24.8 Å². The van der Waals surface area contributed by atoms with Gasteiger partial charge >= 0.3 is 0 Å². The average molecular weight is 373 g/mol. The van der Waals surface area contributed by atoms with Gasteiger partial charge in [0.2, 0.25) is 16.6 Å². The topological polar surface area (TPSA) is 80.5 Å². The summed E-state index contributed by atoms with van der Waals surface area (Å²) in [4.78, 5) is 10.9. The molecule has 3 rings (SSSR count). The van der Waals surface area contributed by atoms with Gasteiger partial charge in [0.15, 0.2) is 0 Å². The molecule has 0 N–H and O–H groups in total. The van der Waals surface area contributed by atoms with Crippen LogP contribution in [0.4, 0.5) is 0 Å². The summed E-state index contributed by atoms with van der Waals surface area (Å²) in [7, 11) is -3.67. The summed E-state index contributed by atoms with van der Waals surface area (Å²) in [6, 6.07) is 6.49. The number of hydrogen-bond acceptors (Lipinski definition) is 4. The van der Waals surface area contributed by atoms with E-state index in [-0.39, 0.29) is 46.2 Å². The lowest BCUT2D eigenvalue weighted by Gasteiger charge is -2.34. The van der Waals surface area contributed by atoms with Crippen LogP contribution in [0.25, 0.3) is 0 Å². The van der Waals surface area contributed by atoms with E-state index in [0.29, 0.717) is 6.42 Å². The normalized spacial score (nSPS) is 30.9. The van der Waals surface area contributed by atoms with Crippen molar-refractivity contribution in [1.29, 1.82) is 0 Å². The molecule has 1 saturated heterocycles. The monoisotopic (exact) mass is 372 g/mol. The number of fused-ring (bicyclic) bond motifs is 1. The van der Waals surface area contributed by atoms with Gasteiger partial charge in [0.05, 0.1) is 4.90 Å². The van der Waals surface area contributed by atoms with E-state index in [0.717, 1.165) is 18.4 Å². The highest BCUT2D eigenvalue weighted by molar-refractivity contribution is 7.89. The lowest BCUT2D eigenvalue weighted by atomic mass is 9.79. The van der Waals surface area contributed by atoms with E-state index in [1.54, 1.807) is 24.3 Å². The number of aryl methyl sites for hydroxylation is 1. The summed E-state index contributed by atoms with van der Waals surface area (Å²) in [5, 5.41) is 10.8. The smallest absolute Gasteiger partial charge is 0.243 e. The van der Waals surface area contributed by atoms with Crippen LogP contribution in [0.15, 0.2) is 29.2 Å². The zero-order valence-electron chi connectivity index (χ0n) is 13.5. The zero-order valence-corrected chi connectivity index (χ0v) is 15.0. The molecule has 1 aromatic carbocycles. The Hall–Kier alpha value is -1.18. The van der Waals surface area contributed by atoms with Crippen LogP contribution in [0.2, 0.25) is 0 Å². The molecule has 0 spiro atoms. The molecule has 0 bridgehead atoms. The van der Waals surface area contributed by atoms with Crippen LogP contribution in [0.5, 0.6) is 0 Å². The van der Waals surface area contributed by atoms with Gasteiger partial charge in [-0.2, -0.15) is 4.31 Å². The molecule has 1 unspecified atom stereocenters. The summed E-state index contributed by atoms with van der Waals surface area (Å²) < 4.78 is 27.6. The van der Waals surface area contributed by atoms with Gasteiger partial charge in [-0.05, 0) is 31.9 Å². The maximum atomic E-state index is 13.1. The minimum absolute atomic E-state index is 0.147. The van der Waals surface area contributed by atoms with Gasteiger partial charge in [0.25, 0.3) is 0 Å². The molecule has 4 atom stereocenters. The van der Waals surface area contributed by atoms with Gasteiger partial charge in [-0.3, -0.25) is 10.1 Å². The maximum absolute atomic E-state index is 13.1. The Bertz CT molecular complexity index is 722. The van der Waals surface area contributed by atoms with E-state index in [1.165, 1.54) is 4.31 Å². The van der Waals surface area contributed by atoms with Crippen LogP contribution < -0.4 is 0 Å². The first-order valence-electron chi connectivity index (χ1n) is 8.15. The van der Waals surface area contributed by atoms with Crippen LogP contribution >= 0.6 is 11.6 Å². The molecule has 0 amide bonds. The van der Waals surface area contributed by atoms with Crippen LogP contribution in [-0.2, 0) is 10.0 Å². The molecule has 2 aliphatic rings. The van der Waals surface area contributed by atoms with Gasteiger partial charge in [-0.15, -0.1) is 11.6 Å². The van der Waals surface area contributed by atoms with Crippen LogP contribution in [-0.4, -0.2) is 42.2 Å². The van der Waals surface area contributed by atoms with Gasteiger partial charge in [-0.1, -0.05) is 24.1 Å². The lowest BCUT2D eigenvalue weighted by Crippen LogP contribution is -2.42. The Morgan fingerprint density at radius 1 is 1.29 bits per heavy atom. The number of alkyl halides is 1. The first-order chi connectivity index (χ1) is 11.3. The van der Waals surface area contributed by atoms with Crippen molar-refractivity contribution in [2.75, 3.05) is 13.1 Å². The molecule has 2 fully saturated rings. The average Bonchev–Trinajstić information content (AvgIpc) is 2.88. The highest BCUT2D eigenvalue weighted by atomic mass is 35.5. The predicted molar refractivity (Wildman–Crippen MR) is 91.2 cm³/mol. The van der Waals surface area contributed by atoms with Crippen molar-refractivity contribution in [2.24, 2.45) is 11.8 Å². The molecule has 1 aromatic rings. The minimum atomic E-state index is -3.67. The van der Waals surface area contributed by atoms with E-state index >= 15 is 0 Å². The van der Waals surface area contributed by atoms with Crippen molar-refractivity contribution in [3.63, 3.8) is 0 Å². The summed E-state index contributed by atoms with van der Waals surface area (Å²) in [5.41, 5.74) is 0.984. The van der Waals surface area contributed by atoms with Crippen molar-refractivity contribution >= 4 is 21.6 Å². The molecule has 0 radical (unpaired) electrons. The largest absolute Gasteiger partial charge is 0.265 e. The van der Waals surface area contributed by atoms with Crippen LogP contribution in [0.3, 0.4) is 0 Å². The number of nitrogens with zero attached hydrogens (tertiary/aromatic N) is 2. The summed E-state index contributed by atoms with van der Waals surface area (Å²) in [6.45, 7) is 1.84. The molecule has 1 aliphatic heterocycles. The standard InChI is InChI=1S/C16H21ClN2O4S/c1-11-5-7-13(8-6-11)24(22,23)18-9-12(10-19(20)21)16-14(17)3-2-4-15(16)18/h5-8,12,14-16H,2-4,9-10H2,1H3/t12?,14-,15-,16+/m1/s1. The number of sulfonamides is 1. The minimum Gasteiger partial charge on any atom is -0.265 e. The number of hydrogen-bond donors (Lipinski definition) is 0. The van der Waals surface area contributed by atoms with Crippen molar-refractivity contribution in [3.8, 4) is 0 Å². The maximum Gasteiger partial charge on any atom is 0.243 e. The third kappa shape index (κ3) is 3.17. The molecule has 1 saturated carbocycles. The van der Waals surface area contributed by atoms with Crippen molar-refractivity contribution in [1.82, 2.24) is 4.31 Å². The number of rotatable bonds is 4. The molecule has 132 valence electrons. The van der Waals surface area contributed by atoms with E-state index in [4.69, 9.17) is 11.6 Å². The molecule has 8 heteroatoms. The van der Waals surface area contributed by atoms with Gasteiger partial charge in [-0.25, -0.2) is 8.42 Å². The summed E-state index contributed by atoms with van der Waals surface area (Å²) >= 11 is 6.43. The quantitative estimate of drug-likeness (QED) is 0.462. The molecule has 1 heterocycles. The predicted octanol–water partition coefficient (Wildman–Crippen LogP) is 2.67. The lowest BCUT2D eigenvalue weighted by molar-refractivity contribution is -0.489. The third-order valence-corrected chi connectivity index (χ3v) is 7.60. The van der Waals surface area contributed by atoms with E-state index in [9.17, 15) is 18.5 Å². The Kier molecular flexibility index (Phi) is 4.86. The fraction of sp³-hybridized carbons (Fsp3) is 0.625. The summed E-state index contributed by atoms with van der Waals surface area (Å²) in [5.74, 6) is -0.473. The number of benzene rings is 1. The van der Waals surface area contributed by atoms with Crippen molar-refractivity contribution < 1.29 is 13.3 Å². The molecule has 24 heavy (non-hydrogen) atoms. The van der Waals surface area contributed by atoms with E-state index < -0.39 is 10.0 Å². The Morgan fingerprint density at radius 3 is 2.58 bits per heavy atom. The first-order valence-corrected chi connectivity index (χ1v) is 10.0. The Morgan fingerprint density at radius 2 is 1.96 bits per heavy atom. The van der Waals surface area contributed by atoms with Gasteiger partial charge < -0.3 is 0 Å². The Labute approximate surface area is 147 Å².